The molecule has 2 aromatic heterocycles. The van der Waals surface area contributed by atoms with E-state index in [0.29, 0.717) is 11.2 Å². The summed E-state index contributed by atoms with van der Waals surface area (Å²) in [6.07, 6.45) is 1.52. The Labute approximate surface area is 120 Å². The lowest BCUT2D eigenvalue weighted by molar-refractivity contribution is 0.705. The number of nitrogens with two attached hydrogens (primary N) is 1. The smallest absolute Gasteiger partial charge is 0.332 e. The summed E-state index contributed by atoms with van der Waals surface area (Å²) < 4.78 is 4.04. The molecule has 0 aliphatic heterocycles. The van der Waals surface area contributed by atoms with Gasteiger partial charge in [0.2, 0.25) is 0 Å². The van der Waals surface area contributed by atoms with E-state index in [2.05, 4.69) is 4.98 Å². The van der Waals surface area contributed by atoms with E-state index in [1.54, 1.807) is 18.7 Å². The van der Waals surface area contributed by atoms with Gasteiger partial charge in [-0.1, -0.05) is 18.2 Å². The van der Waals surface area contributed by atoms with E-state index in [0.717, 1.165) is 10.3 Å². The van der Waals surface area contributed by atoms with Gasteiger partial charge in [0.15, 0.2) is 11.2 Å². The monoisotopic (exact) mass is 287 g/mol. The van der Waals surface area contributed by atoms with Crippen LogP contribution in [-0.2, 0) is 21.1 Å². The average molecular weight is 287 g/mol. The molecule has 1 aromatic carbocycles. The molecule has 0 radical (unpaired) electrons. The van der Waals surface area contributed by atoms with Gasteiger partial charge in [-0.3, -0.25) is 13.9 Å². The Morgan fingerprint density at radius 1 is 1.00 bits per heavy atom. The van der Waals surface area contributed by atoms with E-state index in [1.165, 1.54) is 17.9 Å². The molecule has 7 nitrogen and oxygen atoms in total. The zero-order chi connectivity index (χ0) is 15.6. The summed E-state index contributed by atoms with van der Waals surface area (Å²) in [6, 6.07) is 9.49. The van der Waals surface area contributed by atoms with Crippen molar-refractivity contribution in [2.45, 2.75) is 0 Å². The molecule has 0 saturated carbocycles. The van der Waals surface area contributed by atoms with E-state index >= 15 is 0 Å². The molecule has 0 atom stereocenters. The Kier molecular flexibility index (Phi) is 3.93. The third kappa shape index (κ3) is 2.71. The van der Waals surface area contributed by atoms with Crippen LogP contribution < -0.4 is 17.0 Å². The lowest BCUT2D eigenvalue weighted by atomic mass is 10.3. The number of rotatable bonds is 0. The fourth-order valence-corrected chi connectivity index (χ4v) is 1.92. The van der Waals surface area contributed by atoms with Crippen LogP contribution in [0.2, 0.25) is 0 Å². The van der Waals surface area contributed by atoms with Crippen LogP contribution in [-0.4, -0.2) is 18.7 Å². The Hall–Kier alpha value is -2.83. The number of hydrogen-bond donors (Lipinski definition) is 1. The van der Waals surface area contributed by atoms with Crippen LogP contribution in [0.4, 0.5) is 5.69 Å². The third-order valence-corrected chi connectivity index (χ3v) is 3.12. The van der Waals surface area contributed by atoms with Gasteiger partial charge in [-0.15, -0.1) is 0 Å². The number of anilines is 1. The number of aryl methyl sites for hydroxylation is 2. The van der Waals surface area contributed by atoms with Crippen molar-refractivity contribution in [1.82, 2.24) is 18.7 Å². The normalized spacial score (nSPS) is 10.2. The van der Waals surface area contributed by atoms with Crippen molar-refractivity contribution in [3.05, 3.63) is 57.5 Å². The first-order valence-corrected chi connectivity index (χ1v) is 6.31. The molecule has 2 N–H and O–H groups in total. The van der Waals surface area contributed by atoms with E-state index in [1.807, 2.05) is 30.3 Å². The Morgan fingerprint density at radius 2 is 1.62 bits per heavy atom. The molecule has 3 aromatic rings. The maximum Gasteiger partial charge on any atom is 0.332 e. The number of benzene rings is 1. The second kappa shape index (κ2) is 5.66. The highest BCUT2D eigenvalue weighted by atomic mass is 16.2. The lowest BCUT2D eigenvalue weighted by Crippen LogP contribution is -2.37. The maximum absolute atomic E-state index is 11.7. The summed E-state index contributed by atoms with van der Waals surface area (Å²) in [5, 5.41) is 0. The molecular formula is C14H17N5O2. The van der Waals surface area contributed by atoms with Crippen molar-refractivity contribution >= 4 is 16.9 Å². The first-order chi connectivity index (χ1) is 9.93. The van der Waals surface area contributed by atoms with Gasteiger partial charge >= 0.3 is 5.69 Å². The van der Waals surface area contributed by atoms with Crippen molar-refractivity contribution in [2.75, 3.05) is 5.73 Å². The van der Waals surface area contributed by atoms with Crippen molar-refractivity contribution < 1.29 is 0 Å². The summed E-state index contributed by atoms with van der Waals surface area (Å²) in [6.45, 7) is 0. The van der Waals surface area contributed by atoms with Gasteiger partial charge in [-0.05, 0) is 12.1 Å². The van der Waals surface area contributed by atoms with Crippen LogP contribution in [0.5, 0.6) is 0 Å². The number of fused-ring (bicyclic) bond motifs is 1. The molecule has 0 aliphatic rings. The Balaban J connectivity index is 0.000000194. The van der Waals surface area contributed by atoms with Gasteiger partial charge in [0, 0.05) is 26.8 Å². The molecular weight excluding hydrogens is 270 g/mol. The molecule has 0 fully saturated rings. The maximum atomic E-state index is 11.7. The molecule has 7 heteroatoms. The molecule has 3 rings (SSSR count). The minimum atomic E-state index is -0.360. The summed E-state index contributed by atoms with van der Waals surface area (Å²) in [7, 11) is 4.77. The fourth-order valence-electron chi connectivity index (χ4n) is 1.92. The molecule has 110 valence electrons. The number of imidazole rings is 1. The van der Waals surface area contributed by atoms with Crippen molar-refractivity contribution in [3.8, 4) is 0 Å². The zero-order valence-corrected chi connectivity index (χ0v) is 12.1. The van der Waals surface area contributed by atoms with E-state index in [4.69, 9.17) is 5.73 Å². The molecule has 0 saturated heterocycles. The molecule has 0 bridgehead atoms. The van der Waals surface area contributed by atoms with Crippen LogP contribution in [0.15, 0.2) is 46.2 Å². The number of para-hydroxylation sites is 1. The highest BCUT2D eigenvalue weighted by molar-refractivity contribution is 5.69. The second-order valence-electron chi connectivity index (χ2n) is 4.64. The lowest BCUT2D eigenvalue weighted by Gasteiger charge is -2.02. The summed E-state index contributed by atoms with van der Waals surface area (Å²) in [5.41, 5.74) is 6.36. The van der Waals surface area contributed by atoms with Gasteiger partial charge in [-0.2, -0.15) is 0 Å². The number of hydrogen-bond acceptors (Lipinski definition) is 4. The van der Waals surface area contributed by atoms with Crippen LogP contribution in [0.25, 0.3) is 11.2 Å². The number of nitrogens with zero attached hydrogens (tertiary/aromatic N) is 4. The van der Waals surface area contributed by atoms with Gasteiger partial charge in [0.05, 0.1) is 6.33 Å². The Morgan fingerprint density at radius 3 is 2.14 bits per heavy atom. The second-order valence-corrected chi connectivity index (χ2v) is 4.64. The molecule has 0 spiro atoms. The highest BCUT2D eigenvalue weighted by Crippen LogP contribution is 2.01. The molecule has 0 amide bonds. The minimum Gasteiger partial charge on any atom is -0.399 e. The quantitative estimate of drug-likeness (QED) is 0.600. The average Bonchev–Trinajstić information content (AvgIpc) is 2.86. The van der Waals surface area contributed by atoms with Crippen LogP contribution in [0.1, 0.15) is 0 Å². The third-order valence-electron chi connectivity index (χ3n) is 3.12. The van der Waals surface area contributed by atoms with Gasteiger partial charge in [0.1, 0.15) is 0 Å². The van der Waals surface area contributed by atoms with E-state index in [9.17, 15) is 9.59 Å². The van der Waals surface area contributed by atoms with E-state index < -0.39 is 0 Å². The Bertz CT molecular complexity index is 874. The topological polar surface area (TPSA) is 87.8 Å². The summed E-state index contributed by atoms with van der Waals surface area (Å²) >= 11 is 0. The van der Waals surface area contributed by atoms with Gasteiger partial charge < -0.3 is 10.3 Å². The highest BCUT2D eigenvalue weighted by Gasteiger charge is 2.11. The molecule has 0 unspecified atom stereocenters. The van der Waals surface area contributed by atoms with Gasteiger partial charge in [-0.25, -0.2) is 9.78 Å². The zero-order valence-electron chi connectivity index (χ0n) is 12.1. The van der Waals surface area contributed by atoms with Gasteiger partial charge in [0.25, 0.3) is 5.56 Å². The van der Waals surface area contributed by atoms with Crippen LogP contribution in [0, 0.1) is 0 Å². The van der Waals surface area contributed by atoms with Crippen LogP contribution >= 0.6 is 0 Å². The number of nitrogen functional groups attached to an aromatic ring is 1. The standard InChI is InChI=1S/C8H10N4O2.C6H7N/c1-10-4-9-6-5(10)7(13)12(3)8(14)11(6)2;7-6-4-2-1-3-5-6/h4H,1-3H3;1-5H,7H2. The fraction of sp³-hybridized carbons (Fsp3) is 0.214. The van der Waals surface area contributed by atoms with E-state index in [-0.39, 0.29) is 11.2 Å². The first-order valence-electron chi connectivity index (χ1n) is 6.31. The summed E-state index contributed by atoms with van der Waals surface area (Å²) in [4.78, 5) is 27.2. The predicted octanol–water partition coefficient (Wildman–Crippen LogP) is 0.239. The largest absolute Gasteiger partial charge is 0.399 e. The first kappa shape index (κ1) is 14.6. The minimum absolute atomic E-state index is 0.317. The van der Waals surface area contributed by atoms with Crippen molar-refractivity contribution in [3.63, 3.8) is 0 Å². The summed E-state index contributed by atoms with van der Waals surface area (Å²) in [5.74, 6) is 0. The van der Waals surface area contributed by atoms with Crippen molar-refractivity contribution in [1.29, 1.82) is 0 Å². The predicted molar refractivity (Wildman–Crippen MR) is 82.1 cm³/mol. The molecule has 21 heavy (non-hydrogen) atoms. The number of aromatic nitrogens is 4. The SMILES string of the molecule is Cn1c(=O)c2c(ncn2C)n(C)c1=O.Nc1ccccc1. The molecule has 0 aliphatic carbocycles. The van der Waals surface area contributed by atoms with Crippen LogP contribution in [0.3, 0.4) is 0 Å². The van der Waals surface area contributed by atoms with Crippen molar-refractivity contribution in [2.24, 2.45) is 21.1 Å². The molecule has 2 heterocycles.